The van der Waals surface area contributed by atoms with E-state index in [1.807, 2.05) is 6.92 Å². The van der Waals surface area contributed by atoms with E-state index in [4.69, 9.17) is 4.74 Å². The van der Waals surface area contributed by atoms with Gasteiger partial charge in [0.15, 0.2) is 0 Å². The Hall–Kier alpha value is -1.56. The molecule has 2 atom stereocenters. The normalized spacial score (nSPS) is 21.9. The van der Waals surface area contributed by atoms with Gasteiger partial charge in [0.25, 0.3) is 5.91 Å². The highest BCUT2D eigenvalue weighted by atomic mass is 79.9. The number of halogens is 1. The molecule has 1 fully saturated rings. The first-order chi connectivity index (χ1) is 9.43. The Kier molecular flexibility index (Phi) is 4.32. The van der Waals surface area contributed by atoms with Crippen molar-refractivity contribution in [3.63, 3.8) is 0 Å². The van der Waals surface area contributed by atoms with Gasteiger partial charge in [0.1, 0.15) is 5.75 Å². The summed E-state index contributed by atoms with van der Waals surface area (Å²) in [5.41, 5.74) is 0.242. The zero-order valence-corrected chi connectivity index (χ0v) is 12.9. The number of phenolic OH excluding ortho intramolecular Hbond substituents is 1. The van der Waals surface area contributed by atoms with Crippen LogP contribution in [0.15, 0.2) is 22.7 Å². The molecule has 1 aromatic carbocycles. The number of likely N-dealkylation sites (tertiary alicyclic amines) is 1. The van der Waals surface area contributed by atoms with Crippen LogP contribution in [0.3, 0.4) is 0 Å². The van der Waals surface area contributed by atoms with Gasteiger partial charge in [0.05, 0.1) is 18.6 Å². The third kappa shape index (κ3) is 2.80. The zero-order chi connectivity index (χ0) is 14.9. The Bertz CT molecular complexity index is 546. The van der Waals surface area contributed by atoms with Crippen LogP contribution in [0, 0.1) is 11.8 Å². The average Bonchev–Trinajstić information content (AvgIpc) is 2.79. The van der Waals surface area contributed by atoms with Crippen LogP contribution in [0.4, 0.5) is 0 Å². The predicted molar refractivity (Wildman–Crippen MR) is 76.4 cm³/mol. The quantitative estimate of drug-likeness (QED) is 0.836. The van der Waals surface area contributed by atoms with E-state index in [-0.39, 0.29) is 35.0 Å². The Balaban J connectivity index is 2.17. The molecule has 5 nitrogen and oxygen atoms in total. The molecular weight excluding hydrogens is 326 g/mol. The molecule has 0 radical (unpaired) electrons. The first-order valence-corrected chi connectivity index (χ1v) is 7.09. The number of hydrogen-bond donors (Lipinski definition) is 1. The maximum absolute atomic E-state index is 12.4. The van der Waals surface area contributed by atoms with E-state index < -0.39 is 0 Å². The SMILES string of the molecule is COC(=O)C1CN(C(=O)c2ccc(Br)cc2O)CC1C. The minimum Gasteiger partial charge on any atom is -0.507 e. The van der Waals surface area contributed by atoms with Gasteiger partial charge in [0.2, 0.25) is 0 Å². The van der Waals surface area contributed by atoms with Crippen molar-refractivity contribution in [2.24, 2.45) is 11.8 Å². The summed E-state index contributed by atoms with van der Waals surface area (Å²) >= 11 is 3.23. The van der Waals surface area contributed by atoms with Crippen molar-refractivity contribution in [1.29, 1.82) is 0 Å². The molecule has 108 valence electrons. The van der Waals surface area contributed by atoms with Crippen LogP contribution >= 0.6 is 15.9 Å². The highest BCUT2D eigenvalue weighted by Crippen LogP contribution is 2.29. The number of carbonyl (C=O) groups is 2. The summed E-state index contributed by atoms with van der Waals surface area (Å²) in [5, 5.41) is 9.84. The molecule has 1 heterocycles. The molecule has 0 spiro atoms. The largest absolute Gasteiger partial charge is 0.507 e. The van der Waals surface area contributed by atoms with Gasteiger partial charge >= 0.3 is 5.97 Å². The van der Waals surface area contributed by atoms with Crippen LogP contribution in [0.25, 0.3) is 0 Å². The lowest BCUT2D eigenvalue weighted by atomic mass is 9.99. The standard InChI is InChI=1S/C14H16BrNO4/c1-8-6-16(7-11(8)14(19)20-2)13(18)10-4-3-9(15)5-12(10)17/h3-5,8,11,17H,6-7H2,1-2H3. The number of aromatic hydroxyl groups is 1. The minimum atomic E-state index is -0.304. The van der Waals surface area contributed by atoms with E-state index in [1.165, 1.54) is 13.2 Å². The first-order valence-electron chi connectivity index (χ1n) is 6.29. The molecule has 2 unspecified atom stereocenters. The van der Waals surface area contributed by atoms with Gasteiger partial charge in [-0.05, 0) is 24.1 Å². The maximum Gasteiger partial charge on any atom is 0.310 e. The van der Waals surface area contributed by atoms with E-state index >= 15 is 0 Å². The van der Waals surface area contributed by atoms with Crippen LogP contribution in [-0.2, 0) is 9.53 Å². The van der Waals surface area contributed by atoms with Crippen molar-refractivity contribution in [2.75, 3.05) is 20.2 Å². The lowest BCUT2D eigenvalue weighted by Gasteiger charge is -2.16. The number of benzene rings is 1. The molecule has 6 heteroatoms. The third-order valence-corrected chi connectivity index (χ3v) is 4.09. The average molecular weight is 342 g/mol. The molecular formula is C14H16BrNO4. The van der Waals surface area contributed by atoms with Gasteiger partial charge in [0, 0.05) is 17.6 Å². The molecule has 0 bridgehead atoms. The van der Waals surface area contributed by atoms with Gasteiger partial charge in [-0.1, -0.05) is 22.9 Å². The number of phenols is 1. The lowest BCUT2D eigenvalue weighted by molar-refractivity contribution is -0.146. The number of hydrogen-bond acceptors (Lipinski definition) is 4. The summed E-state index contributed by atoms with van der Waals surface area (Å²) in [4.78, 5) is 25.6. The zero-order valence-electron chi connectivity index (χ0n) is 11.3. The second kappa shape index (κ2) is 5.83. The molecule has 0 saturated carbocycles. The number of nitrogens with zero attached hydrogens (tertiary/aromatic N) is 1. The number of rotatable bonds is 2. The molecule has 0 aliphatic carbocycles. The number of ether oxygens (including phenoxy) is 1. The maximum atomic E-state index is 12.4. The molecule has 1 amide bonds. The van der Waals surface area contributed by atoms with Crippen molar-refractivity contribution in [1.82, 2.24) is 4.90 Å². The molecule has 0 aromatic heterocycles. The molecule has 1 N–H and O–H groups in total. The Morgan fingerprint density at radius 1 is 1.40 bits per heavy atom. The van der Waals surface area contributed by atoms with Gasteiger partial charge < -0.3 is 14.7 Å². The molecule has 2 rings (SSSR count). The van der Waals surface area contributed by atoms with E-state index in [2.05, 4.69) is 15.9 Å². The summed E-state index contributed by atoms with van der Waals surface area (Å²) in [6.07, 6.45) is 0. The number of carbonyl (C=O) groups excluding carboxylic acids is 2. The second-order valence-electron chi connectivity index (χ2n) is 4.98. The minimum absolute atomic E-state index is 0.0454. The fraction of sp³-hybridized carbons (Fsp3) is 0.429. The molecule has 1 aromatic rings. The van der Waals surface area contributed by atoms with Crippen LogP contribution in [0.5, 0.6) is 5.75 Å². The van der Waals surface area contributed by atoms with Gasteiger partial charge in [-0.2, -0.15) is 0 Å². The summed E-state index contributed by atoms with van der Waals surface area (Å²) in [6, 6.07) is 4.74. The van der Waals surface area contributed by atoms with Gasteiger partial charge in [-0.15, -0.1) is 0 Å². The van der Waals surface area contributed by atoms with Gasteiger partial charge in [-0.3, -0.25) is 9.59 Å². The fourth-order valence-corrected chi connectivity index (χ4v) is 2.80. The fourth-order valence-electron chi connectivity index (χ4n) is 2.45. The van der Waals surface area contributed by atoms with Crippen LogP contribution in [0.1, 0.15) is 17.3 Å². The highest BCUT2D eigenvalue weighted by molar-refractivity contribution is 9.10. The predicted octanol–water partition coefficient (Wildman–Crippen LogP) is 2.04. The monoisotopic (exact) mass is 341 g/mol. The smallest absolute Gasteiger partial charge is 0.310 e. The Labute approximate surface area is 125 Å². The first kappa shape index (κ1) is 14.8. The van der Waals surface area contributed by atoms with Crippen molar-refractivity contribution < 1.29 is 19.4 Å². The van der Waals surface area contributed by atoms with Crippen LogP contribution in [-0.4, -0.2) is 42.1 Å². The molecule has 1 saturated heterocycles. The topological polar surface area (TPSA) is 66.8 Å². The number of methoxy groups -OCH3 is 1. The van der Waals surface area contributed by atoms with E-state index in [0.29, 0.717) is 17.6 Å². The van der Waals surface area contributed by atoms with Crippen molar-refractivity contribution >= 4 is 27.8 Å². The van der Waals surface area contributed by atoms with Gasteiger partial charge in [-0.25, -0.2) is 0 Å². The van der Waals surface area contributed by atoms with E-state index in [0.717, 1.165) is 0 Å². The Morgan fingerprint density at radius 2 is 2.10 bits per heavy atom. The van der Waals surface area contributed by atoms with E-state index in [9.17, 15) is 14.7 Å². The summed E-state index contributed by atoms with van der Waals surface area (Å²) in [7, 11) is 1.35. The lowest BCUT2D eigenvalue weighted by Crippen LogP contribution is -2.30. The highest BCUT2D eigenvalue weighted by Gasteiger charge is 2.38. The van der Waals surface area contributed by atoms with Crippen LogP contribution in [0.2, 0.25) is 0 Å². The van der Waals surface area contributed by atoms with Crippen molar-refractivity contribution in [3.05, 3.63) is 28.2 Å². The van der Waals surface area contributed by atoms with Crippen molar-refractivity contribution in [3.8, 4) is 5.75 Å². The summed E-state index contributed by atoms with van der Waals surface area (Å²) in [5.74, 6) is -0.898. The van der Waals surface area contributed by atoms with Crippen LogP contribution < -0.4 is 0 Å². The summed E-state index contributed by atoms with van der Waals surface area (Å²) < 4.78 is 5.45. The third-order valence-electron chi connectivity index (χ3n) is 3.59. The number of amides is 1. The summed E-state index contributed by atoms with van der Waals surface area (Å²) in [6.45, 7) is 2.71. The second-order valence-corrected chi connectivity index (χ2v) is 5.89. The molecule has 1 aliphatic rings. The number of esters is 1. The molecule has 1 aliphatic heterocycles. The molecule has 20 heavy (non-hydrogen) atoms. The Morgan fingerprint density at radius 3 is 2.70 bits per heavy atom. The van der Waals surface area contributed by atoms with E-state index in [1.54, 1.807) is 17.0 Å². The van der Waals surface area contributed by atoms with Crippen molar-refractivity contribution in [2.45, 2.75) is 6.92 Å².